The second-order valence-electron chi connectivity index (χ2n) is 13.1. The van der Waals surface area contributed by atoms with Crippen LogP contribution < -0.4 is 22.1 Å². The van der Waals surface area contributed by atoms with Gasteiger partial charge in [-0.1, -0.05) is 24.3 Å². The molecular formula is C39H50F2N10O5. The molecule has 2 fully saturated rings. The maximum absolute atomic E-state index is 14.9. The minimum Gasteiger partial charge on any atom is -0.453 e. The molecule has 15 nitrogen and oxygen atoms in total. The molecule has 0 saturated carbocycles. The fourth-order valence-corrected chi connectivity index (χ4v) is 5.74. The van der Waals surface area contributed by atoms with Crippen LogP contribution in [0.1, 0.15) is 22.5 Å². The molecule has 6 N–H and O–H groups in total. The molecule has 2 aromatic carbocycles. The summed E-state index contributed by atoms with van der Waals surface area (Å²) in [4.78, 5) is 50.5. The van der Waals surface area contributed by atoms with Gasteiger partial charge < -0.3 is 41.4 Å². The van der Waals surface area contributed by atoms with Gasteiger partial charge in [0.2, 0.25) is 0 Å². The predicted octanol–water partition coefficient (Wildman–Crippen LogP) is 5.32. The van der Waals surface area contributed by atoms with E-state index in [4.69, 9.17) is 16.2 Å². The number of aromatic nitrogens is 2. The number of amides is 4. The number of nitrogens with one attached hydrogen (secondary N) is 2. The van der Waals surface area contributed by atoms with Crippen molar-refractivity contribution >= 4 is 41.0 Å². The number of ether oxygens (including phenoxy) is 2. The summed E-state index contributed by atoms with van der Waals surface area (Å²) in [7, 11) is 2.73. The van der Waals surface area contributed by atoms with Gasteiger partial charge in [0.05, 0.1) is 49.4 Å². The van der Waals surface area contributed by atoms with E-state index in [1.807, 2.05) is 26.0 Å². The first kappa shape index (κ1) is 42.7. The number of benzene rings is 2. The van der Waals surface area contributed by atoms with Crippen LogP contribution in [0.25, 0.3) is 0 Å². The normalized spacial score (nSPS) is 14.3. The van der Waals surface area contributed by atoms with E-state index in [-0.39, 0.29) is 29.4 Å². The van der Waals surface area contributed by atoms with E-state index in [9.17, 15) is 23.2 Å². The van der Waals surface area contributed by atoms with Crippen LogP contribution in [0.15, 0.2) is 73.1 Å². The van der Waals surface area contributed by atoms with Crippen molar-refractivity contribution in [1.82, 2.24) is 29.6 Å². The van der Waals surface area contributed by atoms with Gasteiger partial charge in [0.1, 0.15) is 0 Å². The summed E-state index contributed by atoms with van der Waals surface area (Å²) in [6.45, 7) is 9.55. The maximum Gasteiger partial charge on any atom is 0.409 e. The van der Waals surface area contributed by atoms with Crippen molar-refractivity contribution in [3.8, 4) is 0 Å². The molecule has 0 spiro atoms. The topological polar surface area (TPSA) is 185 Å². The van der Waals surface area contributed by atoms with E-state index in [0.717, 1.165) is 17.1 Å². The molecule has 0 radical (unpaired) electrons. The number of carbonyl (C=O) groups excluding carboxylic acids is 3. The van der Waals surface area contributed by atoms with Gasteiger partial charge in [-0.2, -0.15) is 0 Å². The number of hydrogen-bond donors (Lipinski definition) is 4. The molecule has 0 atom stereocenters. The van der Waals surface area contributed by atoms with Gasteiger partial charge in [0, 0.05) is 88.0 Å². The van der Waals surface area contributed by atoms with E-state index in [1.165, 1.54) is 26.5 Å². The number of carbonyl (C=O) groups is 3. The smallest absolute Gasteiger partial charge is 0.409 e. The monoisotopic (exact) mass is 776 g/mol. The molecule has 4 heterocycles. The molecule has 2 saturated heterocycles. The van der Waals surface area contributed by atoms with Gasteiger partial charge in [0.15, 0.2) is 11.6 Å². The van der Waals surface area contributed by atoms with Gasteiger partial charge in [0.25, 0.3) is 0 Å². The van der Waals surface area contributed by atoms with Crippen molar-refractivity contribution in [2.24, 2.45) is 0 Å². The van der Waals surface area contributed by atoms with Crippen molar-refractivity contribution in [3.05, 3.63) is 107 Å². The van der Waals surface area contributed by atoms with Gasteiger partial charge >= 0.3 is 18.2 Å². The Balaban J connectivity index is 0.000000219. The van der Waals surface area contributed by atoms with Crippen molar-refractivity contribution in [3.63, 3.8) is 0 Å². The average Bonchev–Trinajstić information content (AvgIpc) is 3.20. The quantitative estimate of drug-likeness (QED) is 0.186. The highest BCUT2D eigenvalue weighted by Crippen LogP contribution is 2.21. The Morgan fingerprint density at radius 3 is 1.62 bits per heavy atom. The first-order valence-corrected chi connectivity index (χ1v) is 18.0. The van der Waals surface area contributed by atoms with Crippen LogP contribution in [0, 0.1) is 25.5 Å². The number of rotatable bonds is 6. The SMILES string of the molecule is COC(=O)N1CCN(Cc2cccc(N)c2F)CC1.COC(=O)N1CCN(Cc2cccc(NC(=O)Nc3ccc(C)nc3)c2F)CC1.Cc1ccc(N)cn1. The Kier molecular flexibility index (Phi) is 16.1. The lowest BCUT2D eigenvalue weighted by atomic mass is 10.1. The third-order valence-electron chi connectivity index (χ3n) is 8.94. The highest BCUT2D eigenvalue weighted by molar-refractivity contribution is 5.99. The fraction of sp³-hybridized carbons (Fsp3) is 0.359. The molecule has 56 heavy (non-hydrogen) atoms. The van der Waals surface area contributed by atoms with Crippen LogP contribution in [0.3, 0.4) is 0 Å². The zero-order valence-electron chi connectivity index (χ0n) is 32.1. The molecule has 0 aliphatic carbocycles. The Bertz CT molecular complexity index is 1870. The summed E-state index contributed by atoms with van der Waals surface area (Å²) >= 11 is 0. The van der Waals surface area contributed by atoms with Crippen LogP contribution in [-0.2, 0) is 22.6 Å². The molecule has 2 aliphatic heterocycles. The second kappa shape index (κ2) is 21.1. The standard InChI is InChI=1S/C20H24FN5O3.C13H18FN3O2.C6H8N2/c1-14-6-7-16(12-22-14)23-19(27)24-17-5-3-4-15(18(17)21)13-25-8-10-26(11-9-25)20(28)29-2;1-19-13(18)17-7-5-16(6-8-17)9-10-3-2-4-11(15)12(10)14;1-5-2-3-6(7)4-8-5/h3-7,12H,8-11,13H2,1-2H3,(H2,23,24,27);2-4H,5-9,15H2,1H3;2-4H,7H2,1H3. The summed E-state index contributed by atoms with van der Waals surface area (Å²) in [5, 5.41) is 5.17. The molecule has 2 aliphatic rings. The largest absolute Gasteiger partial charge is 0.453 e. The lowest BCUT2D eigenvalue weighted by Gasteiger charge is -2.33. The molecule has 17 heteroatoms. The highest BCUT2D eigenvalue weighted by atomic mass is 19.1. The molecule has 4 aromatic rings. The summed E-state index contributed by atoms with van der Waals surface area (Å²) in [6, 6.07) is 16.6. The Morgan fingerprint density at radius 1 is 0.661 bits per heavy atom. The second-order valence-corrected chi connectivity index (χ2v) is 13.1. The molecule has 300 valence electrons. The van der Waals surface area contributed by atoms with Crippen molar-refractivity contribution in [2.75, 3.05) is 88.7 Å². The number of methoxy groups -OCH3 is 2. The Morgan fingerprint density at radius 2 is 1.16 bits per heavy atom. The number of aryl methyl sites for hydroxylation is 2. The van der Waals surface area contributed by atoms with Crippen molar-refractivity contribution < 1.29 is 32.6 Å². The van der Waals surface area contributed by atoms with E-state index < -0.39 is 11.8 Å². The van der Waals surface area contributed by atoms with Crippen LogP contribution in [0.4, 0.5) is 45.9 Å². The van der Waals surface area contributed by atoms with Gasteiger partial charge in [-0.05, 0) is 50.2 Å². The Labute approximate surface area is 325 Å². The molecule has 0 bridgehead atoms. The number of pyridine rings is 2. The van der Waals surface area contributed by atoms with Crippen molar-refractivity contribution in [1.29, 1.82) is 0 Å². The zero-order valence-corrected chi connectivity index (χ0v) is 32.1. The maximum atomic E-state index is 14.9. The molecule has 2 aromatic heterocycles. The lowest BCUT2D eigenvalue weighted by Crippen LogP contribution is -2.48. The van der Waals surface area contributed by atoms with Gasteiger partial charge in [-0.15, -0.1) is 0 Å². The van der Waals surface area contributed by atoms with Crippen LogP contribution in [-0.4, -0.2) is 114 Å². The number of nitrogen functional groups attached to an aromatic ring is 2. The number of urea groups is 1. The van der Waals surface area contributed by atoms with E-state index in [0.29, 0.717) is 82.3 Å². The summed E-state index contributed by atoms with van der Waals surface area (Å²) in [5.74, 6) is -0.821. The number of halogens is 2. The third kappa shape index (κ3) is 13.1. The molecule has 6 rings (SSSR count). The van der Waals surface area contributed by atoms with Crippen LogP contribution in [0.2, 0.25) is 0 Å². The number of hydrogen-bond acceptors (Lipinski definition) is 11. The predicted molar refractivity (Wildman–Crippen MR) is 211 cm³/mol. The fourth-order valence-electron chi connectivity index (χ4n) is 5.74. The minimum atomic E-state index is -0.543. The third-order valence-corrected chi connectivity index (χ3v) is 8.94. The number of nitrogens with zero attached hydrogens (tertiary/aromatic N) is 6. The lowest BCUT2D eigenvalue weighted by molar-refractivity contribution is 0.0880. The first-order chi connectivity index (χ1) is 26.9. The average molecular weight is 777 g/mol. The van der Waals surface area contributed by atoms with Crippen LogP contribution in [0.5, 0.6) is 0 Å². The minimum absolute atomic E-state index is 0.105. The van der Waals surface area contributed by atoms with Gasteiger partial charge in [-0.25, -0.2) is 23.2 Å². The molecule has 4 amide bonds. The number of nitrogens with two attached hydrogens (primary N) is 2. The first-order valence-electron chi connectivity index (χ1n) is 18.0. The van der Waals surface area contributed by atoms with E-state index in [1.54, 1.807) is 58.5 Å². The van der Waals surface area contributed by atoms with Crippen molar-refractivity contribution in [2.45, 2.75) is 26.9 Å². The summed E-state index contributed by atoms with van der Waals surface area (Å²) < 4.78 is 38.0. The molecular weight excluding hydrogens is 726 g/mol. The Hall–Kier alpha value is -6.07. The number of anilines is 4. The van der Waals surface area contributed by atoms with Crippen LogP contribution >= 0.6 is 0 Å². The van der Waals surface area contributed by atoms with Gasteiger partial charge in [-0.3, -0.25) is 19.8 Å². The molecule has 0 unspecified atom stereocenters. The zero-order chi connectivity index (χ0) is 40.6. The summed E-state index contributed by atoms with van der Waals surface area (Å²) in [5.41, 5.74) is 15.3. The highest BCUT2D eigenvalue weighted by Gasteiger charge is 2.24. The number of piperazine rings is 2. The van der Waals surface area contributed by atoms with E-state index >= 15 is 0 Å². The summed E-state index contributed by atoms with van der Waals surface area (Å²) in [6.07, 6.45) is 2.52. The van der Waals surface area contributed by atoms with E-state index in [2.05, 4.69) is 35.1 Å².